The van der Waals surface area contributed by atoms with Gasteiger partial charge in [0, 0.05) is 27.7 Å². The average Bonchev–Trinajstić information content (AvgIpc) is 2.92. The summed E-state index contributed by atoms with van der Waals surface area (Å²) in [5.74, 6) is -0.816. The number of amides is 2. The highest BCUT2D eigenvalue weighted by Crippen LogP contribution is 2.35. The molecule has 0 radical (unpaired) electrons. The zero-order valence-corrected chi connectivity index (χ0v) is 27.1. The Morgan fingerprint density at radius 2 is 1.57 bits per heavy atom. The Hall–Kier alpha value is -2.98. The standard InChI is InChI=1S/C30H34Cl3N3O5S/c1-6-26(30(38)34-19(2)3)35(17-21-9-10-22(31)15-25(21)33)29(37)18-36(27-16-23(32)11-14-28(27)41-5)42(39,40)24-12-7-20(4)8-13-24/h7-16,19,26H,6,17-18H2,1-5H3,(H,34,38). The normalized spacial score (nSPS) is 12.1. The molecule has 0 fully saturated rings. The largest absolute Gasteiger partial charge is 0.495 e. The number of anilines is 1. The summed E-state index contributed by atoms with van der Waals surface area (Å²) in [6.45, 7) is 6.52. The van der Waals surface area contributed by atoms with Crippen LogP contribution in [0, 0.1) is 6.92 Å². The van der Waals surface area contributed by atoms with E-state index in [0.29, 0.717) is 15.6 Å². The lowest BCUT2D eigenvalue weighted by molar-refractivity contribution is -0.140. The minimum Gasteiger partial charge on any atom is -0.495 e. The maximum Gasteiger partial charge on any atom is 0.264 e. The van der Waals surface area contributed by atoms with E-state index < -0.39 is 28.5 Å². The molecule has 3 aromatic rings. The second kappa shape index (κ2) is 14.5. The lowest BCUT2D eigenvalue weighted by Crippen LogP contribution is -2.53. The van der Waals surface area contributed by atoms with Crippen LogP contribution in [0.2, 0.25) is 15.1 Å². The predicted octanol–water partition coefficient (Wildman–Crippen LogP) is 6.49. The van der Waals surface area contributed by atoms with Gasteiger partial charge < -0.3 is 15.0 Å². The van der Waals surface area contributed by atoms with Crippen molar-refractivity contribution in [2.45, 2.75) is 57.6 Å². The second-order valence-corrected chi connectivity index (χ2v) is 13.1. The first-order chi connectivity index (χ1) is 19.8. The Kier molecular flexibility index (Phi) is 11.5. The van der Waals surface area contributed by atoms with Gasteiger partial charge in [0.15, 0.2) is 0 Å². The first-order valence-corrected chi connectivity index (χ1v) is 15.8. The molecule has 0 aromatic heterocycles. The molecule has 2 amide bonds. The Labute approximate surface area is 262 Å². The van der Waals surface area contributed by atoms with E-state index in [-0.39, 0.29) is 46.3 Å². The first-order valence-electron chi connectivity index (χ1n) is 13.2. The van der Waals surface area contributed by atoms with E-state index in [1.165, 1.54) is 36.3 Å². The summed E-state index contributed by atoms with van der Waals surface area (Å²) in [4.78, 5) is 28.8. The minimum atomic E-state index is -4.30. The van der Waals surface area contributed by atoms with Gasteiger partial charge in [-0.25, -0.2) is 8.42 Å². The maximum atomic E-state index is 14.2. The summed E-state index contributed by atoms with van der Waals surface area (Å²) in [5, 5.41) is 3.82. The summed E-state index contributed by atoms with van der Waals surface area (Å²) < 4.78 is 34.6. The van der Waals surface area contributed by atoms with E-state index in [9.17, 15) is 18.0 Å². The molecule has 0 aliphatic rings. The summed E-state index contributed by atoms with van der Waals surface area (Å²) >= 11 is 18.8. The van der Waals surface area contributed by atoms with Gasteiger partial charge in [-0.05, 0) is 75.2 Å². The van der Waals surface area contributed by atoms with Gasteiger partial charge in [-0.1, -0.05) is 65.5 Å². The van der Waals surface area contributed by atoms with E-state index in [1.807, 2.05) is 20.8 Å². The van der Waals surface area contributed by atoms with E-state index in [0.717, 1.165) is 9.87 Å². The quantitative estimate of drug-likeness (QED) is 0.241. The molecule has 0 bridgehead atoms. The molecular weight excluding hydrogens is 621 g/mol. The zero-order chi connectivity index (χ0) is 31.2. The van der Waals surface area contributed by atoms with Crippen LogP contribution in [0.1, 0.15) is 38.3 Å². The van der Waals surface area contributed by atoms with Crippen molar-refractivity contribution in [2.75, 3.05) is 18.0 Å². The molecule has 0 saturated carbocycles. The number of rotatable bonds is 12. The van der Waals surface area contributed by atoms with Crippen LogP contribution in [0.15, 0.2) is 65.6 Å². The van der Waals surface area contributed by atoms with Gasteiger partial charge in [0.1, 0.15) is 18.3 Å². The van der Waals surface area contributed by atoms with Crippen molar-refractivity contribution in [3.63, 3.8) is 0 Å². The van der Waals surface area contributed by atoms with Crippen molar-refractivity contribution in [3.8, 4) is 5.75 Å². The molecular formula is C30H34Cl3N3O5S. The highest BCUT2D eigenvalue weighted by Gasteiger charge is 2.35. The molecule has 1 N–H and O–H groups in total. The number of hydrogen-bond donors (Lipinski definition) is 1. The lowest BCUT2D eigenvalue weighted by atomic mass is 10.1. The van der Waals surface area contributed by atoms with Crippen molar-refractivity contribution in [1.82, 2.24) is 10.2 Å². The SMILES string of the molecule is CCC(C(=O)NC(C)C)N(Cc1ccc(Cl)cc1Cl)C(=O)CN(c1cc(Cl)ccc1OC)S(=O)(=O)c1ccc(C)cc1. The van der Waals surface area contributed by atoms with Gasteiger partial charge >= 0.3 is 0 Å². The van der Waals surface area contributed by atoms with Gasteiger partial charge in [0.05, 0.1) is 17.7 Å². The van der Waals surface area contributed by atoms with Gasteiger partial charge in [-0.3, -0.25) is 13.9 Å². The number of sulfonamides is 1. The topological polar surface area (TPSA) is 96.0 Å². The molecule has 42 heavy (non-hydrogen) atoms. The Morgan fingerprint density at radius 3 is 2.14 bits per heavy atom. The molecule has 3 rings (SSSR count). The van der Waals surface area contributed by atoms with Crippen LogP contribution < -0.4 is 14.4 Å². The van der Waals surface area contributed by atoms with Gasteiger partial charge in [0.2, 0.25) is 11.8 Å². The zero-order valence-electron chi connectivity index (χ0n) is 24.0. The number of halogens is 3. The van der Waals surface area contributed by atoms with Crippen LogP contribution >= 0.6 is 34.8 Å². The lowest BCUT2D eigenvalue weighted by Gasteiger charge is -2.34. The summed E-state index contributed by atoms with van der Waals surface area (Å²) in [6.07, 6.45) is 0.265. The predicted molar refractivity (Wildman–Crippen MR) is 168 cm³/mol. The number of carbonyl (C=O) groups is 2. The fourth-order valence-electron chi connectivity index (χ4n) is 4.34. The van der Waals surface area contributed by atoms with Crippen LogP contribution in [0.5, 0.6) is 5.75 Å². The van der Waals surface area contributed by atoms with Gasteiger partial charge in [-0.15, -0.1) is 0 Å². The molecule has 3 aromatic carbocycles. The average molecular weight is 655 g/mol. The number of aryl methyl sites for hydroxylation is 1. The highest BCUT2D eigenvalue weighted by atomic mass is 35.5. The fourth-order valence-corrected chi connectivity index (χ4v) is 6.39. The summed E-state index contributed by atoms with van der Waals surface area (Å²) in [6, 6.07) is 14.5. The number of benzene rings is 3. The molecule has 0 aliphatic heterocycles. The smallest absolute Gasteiger partial charge is 0.264 e. The number of carbonyl (C=O) groups excluding carboxylic acids is 2. The van der Waals surface area contributed by atoms with Gasteiger partial charge in [-0.2, -0.15) is 0 Å². The highest BCUT2D eigenvalue weighted by molar-refractivity contribution is 7.92. The van der Waals surface area contributed by atoms with Crippen LogP contribution in [0.3, 0.4) is 0 Å². The molecule has 8 nitrogen and oxygen atoms in total. The number of hydrogen-bond acceptors (Lipinski definition) is 5. The van der Waals surface area contributed by atoms with Crippen LogP contribution in [0.25, 0.3) is 0 Å². The molecule has 1 unspecified atom stereocenters. The number of nitrogens with zero attached hydrogens (tertiary/aromatic N) is 2. The van der Waals surface area contributed by atoms with E-state index in [1.54, 1.807) is 43.3 Å². The van der Waals surface area contributed by atoms with Crippen LogP contribution in [0.4, 0.5) is 5.69 Å². The molecule has 12 heteroatoms. The first kappa shape index (κ1) is 33.5. The van der Waals surface area contributed by atoms with Crippen molar-refractivity contribution >= 4 is 62.3 Å². The monoisotopic (exact) mass is 653 g/mol. The third-order valence-electron chi connectivity index (χ3n) is 6.47. The van der Waals surface area contributed by atoms with Crippen LogP contribution in [-0.2, 0) is 26.2 Å². The molecule has 0 heterocycles. The third-order valence-corrected chi connectivity index (χ3v) is 9.07. The summed E-state index contributed by atoms with van der Waals surface area (Å²) in [7, 11) is -2.91. The second-order valence-electron chi connectivity index (χ2n) is 9.99. The van der Waals surface area contributed by atoms with Gasteiger partial charge in [0.25, 0.3) is 10.0 Å². The molecule has 1 atom stereocenters. The van der Waals surface area contributed by atoms with E-state index >= 15 is 0 Å². The van der Waals surface area contributed by atoms with Crippen LogP contribution in [-0.4, -0.2) is 50.9 Å². The van der Waals surface area contributed by atoms with Crippen molar-refractivity contribution in [2.24, 2.45) is 0 Å². The maximum absolute atomic E-state index is 14.2. The number of ether oxygens (including phenoxy) is 1. The Bertz CT molecular complexity index is 1530. The Morgan fingerprint density at radius 1 is 0.952 bits per heavy atom. The molecule has 0 saturated heterocycles. The summed E-state index contributed by atoms with van der Waals surface area (Å²) in [5.41, 5.74) is 1.48. The number of nitrogens with one attached hydrogen (secondary N) is 1. The van der Waals surface area contributed by atoms with E-state index in [2.05, 4.69) is 5.32 Å². The van der Waals surface area contributed by atoms with Crippen molar-refractivity contribution < 1.29 is 22.7 Å². The fraction of sp³-hybridized carbons (Fsp3) is 0.333. The third kappa shape index (κ3) is 8.10. The van der Waals surface area contributed by atoms with Crippen molar-refractivity contribution in [3.05, 3.63) is 86.9 Å². The number of methoxy groups -OCH3 is 1. The van der Waals surface area contributed by atoms with Crippen molar-refractivity contribution in [1.29, 1.82) is 0 Å². The molecule has 0 spiro atoms. The minimum absolute atomic E-state index is 0.0279. The molecule has 226 valence electrons. The van der Waals surface area contributed by atoms with E-state index in [4.69, 9.17) is 39.5 Å². The molecule has 0 aliphatic carbocycles. The Balaban J connectivity index is 2.16.